The van der Waals surface area contributed by atoms with Gasteiger partial charge in [0.2, 0.25) is 0 Å². The van der Waals surface area contributed by atoms with Crippen molar-refractivity contribution in [2.45, 2.75) is 96.9 Å². The lowest BCUT2D eigenvalue weighted by Gasteiger charge is -2.32. The van der Waals surface area contributed by atoms with E-state index in [0.717, 1.165) is 38.5 Å². The van der Waals surface area contributed by atoms with Crippen LogP contribution in [0, 0.1) is 5.92 Å². The molecule has 0 aromatic carbocycles. The molecule has 0 aliphatic rings. The Morgan fingerprint density at radius 2 is 0.842 bits per heavy atom. The first-order valence-corrected chi connectivity index (χ1v) is 8.12. The van der Waals surface area contributed by atoms with E-state index in [0.29, 0.717) is 19.3 Å². The molecule has 3 heteroatoms. The van der Waals surface area contributed by atoms with Crippen molar-refractivity contribution < 1.29 is 15.3 Å². The van der Waals surface area contributed by atoms with Crippen LogP contribution in [0.3, 0.4) is 0 Å². The summed E-state index contributed by atoms with van der Waals surface area (Å²) < 4.78 is 0. The van der Waals surface area contributed by atoms with Crippen LogP contribution in [-0.4, -0.2) is 33.6 Å². The fourth-order valence-electron chi connectivity index (χ4n) is 2.59. The molecule has 0 amide bonds. The predicted octanol–water partition coefficient (Wildman–Crippen LogP) is 3.26. The van der Waals surface area contributed by atoms with Crippen LogP contribution in [0.4, 0.5) is 0 Å². The number of aliphatic hydroxyl groups excluding tert-OH is 3. The van der Waals surface area contributed by atoms with Gasteiger partial charge in [-0.3, -0.25) is 0 Å². The highest BCUT2D eigenvalue weighted by molar-refractivity contribution is 4.82. The second-order valence-corrected chi connectivity index (χ2v) is 5.71. The molecule has 0 rings (SSSR count). The van der Waals surface area contributed by atoms with Crippen LogP contribution >= 0.6 is 0 Å². The minimum Gasteiger partial charge on any atom is -0.393 e. The Labute approximate surface area is 119 Å². The third kappa shape index (κ3) is 7.91. The molecule has 0 bridgehead atoms. The lowest BCUT2D eigenvalue weighted by Crippen LogP contribution is -2.41. The van der Waals surface area contributed by atoms with E-state index in [2.05, 4.69) is 20.8 Å². The van der Waals surface area contributed by atoms with Crippen LogP contribution in [0.1, 0.15) is 78.6 Å². The Hall–Kier alpha value is -0.120. The van der Waals surface area contributed by atoms with E-state index in [9.17, 15) is 15.3 Å². The van der Waals surface area contributed by atoms with Gasteiger partial charge in [-0.2, -0.15) is 0 Å². The largest absolute Gasteiger partial charge is 0.393 e. The maximum atomic E-state index is 10.3. The number of rotatable bonds is 12. The van der Waals surface area contributed by atoms with Gasteiger partial charge in [0.25, 0.3) is 0 Å². The van der Waals surface area contributed by atoms with Gasteiger partial charge in [0.1, 0.15) is 0 Å². The fraction of sp³-hybridized carbons (Fsp3) is 1.00. The number of hydrogen-bond acceptors (Lipinski definition) is 3. The molecule has 0 heterocycles. The first-order chi connectivity index (χ1) is 9.08. The average molecular weight is 274 g/mol. The minimum atomic E-state index is -0.585. The summed E-state index contributed by atoms with van der Waals surface area (Å²) in [5.41, 5.74) is 0. The van der Waals surface area contributed by atoms with Crippen molar-refractivity contribution in [3.05, 3.63) is 0 Å². The molecule has 3 unspecified atom stereocenters. The Kier molecular flexibility index (Phi) is 11.6. The molecule has 19 heavy (non-hydrogen) atoms. The zero-order valence-electron chi connectivity index (χ0n) is 13.0. The van der Waals surface area contributed by atoms with Gasteiger partial charge in [0, 0.05) is 5.92 Å². The van der Waals surface area contributed by atoms with Crippen molar-refractivity contribution in [2.75, 3.05) is 0 Å². The molecule has 116 valence electrons. The Morgan fingerprint density at radius 1 is 0.579 bits per heavy atom. The zero-order valence-corrected chi connectivity index (χ0v) is 13.0. The van der Waals surface area contributed by atoms with Gasteiger partial charge in [-0.05, 0) is 19.3 Å². The minimum absolute atomic E-state index is 0.385. The van der Waals surface area contributed by atoms with Gasteiger partial charge in [-0.25, -0.2) is 0 Å². The molecule has 3 nitrogen and oxygen atoms in total. The highest BCUT2D eigenvalue weighted by Crippen LogP contribution is 2.25. The van der Waals surface area contributed by atoms with E-state index < -0.39 is 18.3 Å². The van der Waals surface area contributed by atoms with Gasteiger partial charge in [0.15, 0.2) is 0 Å². The molecule has 0 saturated carbocycles. The van der Waals surface area contributed by atoms with E-state index in [1.807, 2.05) is 0 Å². The Balaban J connectivity index is 4.50. The maximum absolute atomic E-state index is 10.3. The highest BCUT2D eigenvalue weighted by Gasteiger charge is 2.32. The van der Waals surface area contributed by atoms with Crippen molar-refractivity contribution in [3.63, 3.8) is 0 Å². The summed E-state index contributed by atoms with van der Waals surface area (Å²) in [6, 6.07) is 0. The standard InChI is InChI=1S/C16H34O3/c1-4-7-10-13(17)16(14(18)11-8-5-2)15(19)12-9-6-3/h13-19H,4-12H2,1-3H3. The van der Waals surface area contributed by atoms with Crippen molar-refractivity contribution in [2.24, 2.45) is 5.92 Å². The molecule has 0 saturated heterocycles. The summed E-state index contributed by atoms with van der Waals surface area (Å²) in [6.45, 7) is 6.26. The molecule has 3 N–H and O–H groups in total. The Bertz CT molecular complexity index is 163. The van der Waals surface area contributed by atoms with Crippen LogP contribution in [0.5, 0.6) is 0 Å². The summed E-state index contributed by atoms with van der Waals surface area (Å²) in [5, 5.41) is 30.8. The van der Waals surface area contributed by atoms with Crippen LogP contribution in [0.25, 0.3) is 0 Å². The van der Waals surface area contributed by atoms with E-state index in [-0.39, 0.29) is 5.92 Å². The molecule has 0 fully saturated rings. The van der Waals surface area contributed by atoms with E-state index in [4.69, 9.17) is 0 Å². The topological polar surface area (TPSA) is 60.7 Å². The first kappa shape index (κ1) is 18.9. The molecular weight excluding hydrogens is 240 g/mol. The summed E-state index contributed by atoms with van der Waals surface area (Å²) >= 11 is 0. The van der Waals surface area contributed by atoms with E-state index in [1.165, 1.54) is 0 Å². The van der Waals surface area contributed by atoms with Gasteiger partial charge in [-0.15, -0.1) is 0 Å². The second-order valence-electron chi connectivity index (χ2n) is 5.71. The molecule has 0 spiro atoms. The molecule has 0 aromatic rings. The summed E-state index contributed by atoms with van der Waals surface area (Å²) in [4.78, 5) is 0. The summed E-state index contributed by atoms with van der Waals surface area (Å²) in [7, 11) is 0. The summed E-state index contributed by atoms with van der Waals surface area (Å²) in [5.74, 6) is -0.385. The van der Waals surface area contributed by atoms with Crippen LogP contribution in [-0.2, 0) is 0 Å². The molecule has 0 aliphatic heterocycles. The quantitative estimate of drug-likeness (QED) is 0.512. The Morgan fingerprint density at radius 3 is 1.05 bits per heavy atom. The lowest BCUT2D eigenvalue weighted by molar-refractivity contribution is -0.0659. The van der Waals surface area contributed by atoms with Crippen molar-refractivity contribution in [1.29, 1.82) is 0 Å². The monoisotopic (exact) mass is 274 g/mol. The molecule has 0 aliphatic carbocycles. The normalized spacial score (nSPS) is 18.0. The number of aliphatic hydroxyl groups is 3. The third-order valence-electron chi connectivity index (χ3n) is 3.89. The van der Waals surface area contributed by atoms with Crippen molar-refractivity contribution >= 4 is 0 Å². The lowest BCUT2D eigenvalue weighted by atomic mass is 9.83. The number of unbranched alkanes of at least 4 members (excludes halogenated alkanes) is 3. The van der Waals surface area contributed by atoms with E-state index >= 15 is 0 Å². The third-order valence-corrected chi connectivity index (χ3v) is 3.89. The predicted molar refractivity (Wildman–Crippen MR) is 80.1 cm³/mol. The van der Waals surface area contributed by atoms with Crippen LogP contribution in [0.15, 0.2) is 0 Å². The van der Waals surface area contributed by atoms with Crippen molar-refractivity contribution in [1.82, 2.24) is 0 Å². The smallest absolute Gasteiger partial charge is 0.0617 e. The SMILES string of the molecule is CCCCC(O)C(C(O)CCCC)C(O)CCCC. The average Bonchev–Trinajstić information content (AvgIpc) is 2.40. The second kappa shape index (κ2) is 11.7. The zero-order chi connectivity index (χ0) is 14.7. The van der Waals surface area contributed by atoms with Crippen LogP contribution < -0.4 is 0 Å². The van der Waals surface area contributed by atoms with Gasteiger partial charge >= 0.3 is 0 Å². The number of hydrogen-bond donors (Lipinski definition) is 3. The first-order valence-electron chi connectivity index (χ1n) is 8.12. The maximum Gasteiger partial charge on any atom is 0.0617 e. The summed E-state index contributed by atoms with van der Waals surface area (Å²) in [6.07, 6.45) is 6.18. The molecule has 0 radical (unpaired) electrons. The van der Waals surface area contributed by atoms with Crippen molar-refractivity contribution in [3.8, 4) is 0 Å². The molecular formula is C16H34O3. The van der Waals surface area contributed by atoms with Gasteiger partial charge < -0.3 is 15.3 Å². The van der Waals surface area contributed by atoms with Gasteiger partial charge in [-0.1, -0.05) is 59.3 Å². The van der Waals surface area contributed by atoms with Gasteiger partial charge in [0.05, 0.1) is 18.3 Å². The molecule has 0 aromatic heterocycles. The van der Waals surface area contributed by atoms with Crippen LogP contribution in [0.2, 0.25) is 0 Å². The molecule has 3 atom stereocenters. The van der Waals surface area contributed by atoms with E-state index in [1.54, 1.807) is 0 Å². The fourth-order valence-corrected chi connectivity index (χ4v) is 2.59. The highest BCUT2D eigenvalue weighted by atomic mass is 16.3.